The fourth-order valence-corrected chi connectivity index (χ4v) is 7.52. The summed E-state index contributed by atoms with van der Waals surface area (Å²) in [5.74, 6) is 4.82. The van der Waals surface area contributed by atoms with Gasteiger partial charge in [0.05, 0.1) is 14.2 Å². The van der Waals surface area contributed by atoms with Gasteiger partial charge in [-0.25, -0.2) is 0 Å². The van der Waals surface area contributed by atoms with E-state index in [4.69, 9.17) is 18.9 Å². The van der Waals surface area contributed by atoms with Crippen LogP contribution in [-0.2, 0) is 25.7 Å². The van der Waals surface area contributed by atoms with Crippen molar-refractivity contribution < 1.29 is 24.1 Å². The first-order valence-electron chi connectivity index (χ1n) is 15.1. The van der Waals surface area contributed by atoms with Crippen molar-refractivity contribution in [2.75, 3.05) is 41.4 Å². The third kappa shape index (κ3) is 4.17. The molecule has 4 aliphatic rings. The molecule has 0 unspecified atom stereocenters. The number of fused-ring (bicyclic) bond motifs is 5. The Kier molecular flexibility index (Phi) is 6.10. The highest BCUT2D eigenvalue weighted by molar-refractivity contribution is 5.77. The number of methoxy groups -OCH3 is 2. The first kappa shape index (κ1) is 26.4. The molecule has 7 heteroatoms. The average Bonchev–Trinajstić information content (AvgIpc) is 3.01. The molecule has 220 valence electrons. The van der Waals surface area contributed by atoms with Gasteiger partial charge in [-0.2, -0.15) is 0 Å². The molecule has 0 radical (unpaired) electrons. The van der Waals surface area contributed by atoms with Crippen LogP contribution < -0.4 is 18.9 Å². The number of phenolic OH excluding ortho intramolecular Hbond substituents is 1. The van der Waals surface area contributed by atoms with Gasteiger partial charge >= 0.3 is 0 Å². The molecule has 0 amide bonds. The zero-order valence-electron chi connectivity index (χ0n) is 25.1. The van der Waals surface area contributed by atoms with Gasteiger partial charge in [0.15, 0.2) is 23.0 Å². The zero-order chi connectivity index (χ0) is 29.4. The largest absolute Gasteiger partial charge is 0.507 e. The molecular formula is C36H36N2O5. The third-order valence-corrected chi connectivity index (χ3v) is 9.89. The second-order valence-corrected chi connectivity index (χ2v) is 12.3. The van der Waals surface area contributed by atoms with Gasteiger partial charge in [0, 0.05) is 53.5 Å². The summed E-state index contributed by atoms with van der Waals surface area (Å²) in [6, 6.07) is 18.8. The number of ether oxygens (including phenoxy) is 4. The molecule has 8 rings (SSSR count). The minimum absolute atomic E-state index is 0.0309. The second kappa shape index (κ2) is 9.93. The van der Waals surface area contributed by atoms with Crippen LogP contribution in [0.2, 0.25) is 0 Å². The number of likely N-dealkylation sites (N-methyl/N-ethyl adjacent to an activating group) is 2. The fraction of sp³-hybridized carbons (Fsp3) is 0.333. The van der Waals surface area contributed by atoms with Crippen molar-refractivity contribution in [2.24, 2.45) is 0 Å². The second-order valence-electron chi connectivity index (χ2n) is 12.3. The molecule has 4 aliphatic heterocycles. The third-order valence-electron chi connectivity index (χ3n) is 9.89. The molecule has 0 fully saturated rings. The summed E-state index contributed by atoms with van der Waals surface area (Å²) in [4.78, 5) is 4.81. The van der Waals surface area contributed by atoms with Crippen LogP contribution in [0.4, 0.5) is 0 Å². The maximum absolute atomic E-state index is 11.1. The molecule has 4 aromatic rings. The van der Waals surface area contributed by atoms with E-state index in [0.29, 0.717) is 5.75 Å². The maximum Gasteiger partial charge on any atom is 0.175 e. The monoisotopic (exact) mass is 576 g/mol. The zero-order valence-corrected chi connectivity index (χ0v) is 25.1. The SMILES string of the molecule is COc1ccc2cc1-c1cc(ccc1O)C[C@H]1c3cc4c(cc3CCN1C)Oc1cc(OC)c3c(c1O4)[C@H](C2)N(C)CC3. The van der Waals surface area contributed by atoms with Gasteiger partial charge in [-0.15, -0.1) is 0 Å². The summed E-state index contributed by atoms with van der Waals surface area (Å²) in [7, 11) is 7.78. The lowest BCUT2D eigenvalue weighted by atomic mass is 9.85. The Morgan fingerprint density at radius 2 is 1.42 bits per heavy atom. The summed E-state index contributed by atoms with van der Waals surface area (Å²) >= 11 is 0. The highest BCUT2D eigenvalue weighted by Crippen LogP contribution is 2.55. The predicted octanol–water partition coefficient (Wildman–Crippen LogP) is 6.83. The van der Waals surface area contributed by atoms with E-state index in [1.54, 1.807) is 14.2 Å². The molecule has 1 N–H and O–H groups in total. The van der Waals surface area contributed by atoms with Crippen molar-refractivity contribution >= 4 is 0 Å². The Morgan fingerprint density at radius 1 is 0.721 bits per heavy atom. The molecule has 0 aromatic heterocycles. The van der Waals surface area contributed by atoms with E-state index < -0.39 is 0 Å². The van der Waals surface area contributed by atoms with Gasteiger partial charge in [-0.05, 0) is 98.4 Å². The summed E-state index contributed by atoms with van der Waals surface area (Å²) in [6.45, 7) is 1.85. The van der Waals surface area contributed by atoms with Crippen molar-refractivity contribution in [3.63, 3.8) is 0 Å². The minimum Gasteiger partial charge on any atom is -0.507 e. The number of hydrogen-bond donors (Lipinski definition) is 1. The standard InChI is InChI=1S/C36H36N2O5/c1-37-11-9-22-17-32-33-18-24(22)27(37)15-20-5-7-29(39)25(13-20)26-14-21(6-8-30(26)40-3)16-28-35-23(10-12-38(28)2)31(41-4)19-34(42-32)36(35)43-33/h5-8,13-14,17-19,27-28,39H,9-12,15-16H2,1-4H3/t27-,28-/m0/s1. The molecule has 7 bridgehead atoms. The Bertz CT molecular complexity index is 1780. The van der Waals surface area contributed by atoms with Gasteiger partial charge in [0.25, 0.3) is 0 Å². The van der Waals surface area contributed by atoms with Crippen molar-refractivity contribution in [3.05, 3.63) is 88.0 Å². The predicted molar refractivity (Wildman–Crippen MR) is 165 cm³/mol. The van der Waals surface area contributed by atoms with E-state index in [-0.39, 0.29) is 17.8 Å². The topological polar surface area (TPSA) is 63.6 Å². The van der Waals surface area contributed by atoms with Crippen molar-refractivity contribution in [1.29, 1.82) is 0 Å². The van der Waals surface area contributed by atoms with E-state index in [1.807, 2.05) is 24.3 Å². The molecule has 0 saturated heterocycles. The number of hydrogen-bond acceptors (Lipinski definition) is 7. The quantitative estimate of drug-likeness (QED) is 0.247. The highest BCUT2D eigenvalue weighted by atomic mass is 16.6. The number of phenols is 1. The summed E-state index contributed by atoms with van der Waals surface area (Å²) in [6.07, 6.45) is 3.35. The van der Waals surface area contributed by atoms with Crippen molar-refractivity contribution in [3.8, 4) is 51.4 Å². The fourth-order valence-electron chi connectivity index (χ4n) is 7.52. The Morgan fingerprint density at radius 3 is 2.23 bits per heavy atom. The summed E-state index contributed by atoms with van der Waals surface area (Å²) < 4.78 is 25.3. The molecule has 7 nitrogen and oxygen atoms in total. The summed E-state index contributed by atoms with van der Waals surface area (Å²) in [5.41, 5.74) is 8.82. The minimum atomic E-state index is 0.0309. The molecule has 0 aliphatic carbocycles. The van der Waals surface area contributed by atoms with Crippen molar-refractivity contribution in [1.82, 2.24) is 9.80 Å². The lowest BCUT2D eigenvalue weighted by molar-refractivity contribution is 0.217. The van der Waals surface area contributed by atoms with E-state index >= 15 is 0 Å². The van der Waals surface area contributed by atoms with Crippen LogP contribution in [0.25, 0.3) is 11.1 Å². The van der Waals surface area contributed by atoms with Gasteiger partial charge in [-0.1, -0.05) is 12.1 Å². The van der Waals surface area contributed by atoms with Crippen LogP contribution in [0.1, 0.15) is 45.5 Å². The van der Waals surface area contributed by atoms with Crippen LogP contribution >= 0.6 is 0 Å². The Hall–Kier alpha value is -4.20. The molecular weight excluding hydrogens is 540 g/mol. The molecule has 43 heavy (non-hydrogen) atoms. The lowest BCUT2D eigenvalue weighted by Crippen LogP contribution is -2.34. The number of rotatable bonds is 2. The smallest absolute Gasteiger partial charge is 0.175 e. The van der Waals surface area contributed by atoms with E-state index in [1.165, 1.54) is 16.7 Å². The van der Waals surface area contributed by atoms with E-state index in [2.05, 4.69) is 54.2 Å². The molecule has 2 atom stereocenters. The van der Waals surface area contributed by atoms with Gasteiger partial charge in [0.2, 0.25) is 0 Å². The van der Waals surface area contributed by atoms with Gasteiger partial charge in [-0.3, -0.25) is 9.80 Å². The van der Waals surface area contributed by atoms with Crippen molar-refractivity contribution in [2.45, 2.75) is 37.8 Å². The summed E-state index contributed by atoms with van der Waals surface area (Å²) in [5, 5.41) is 11.1. The highest BCUT2D eigenvalue weighted by Gasteiger charge is 2.37. The van der Waals surface area contributed by atoms with Crippen LogP contribution in [0.5, 0.6) is 40.2 Å². The van der Waals surface area contributed by atoms with Gasteiger partial charge in [0.1, 0.15) is 17.2 Å². The number of benzene rings is 4. The molecule has 4 heterocycles. The van der Waals surface area contributed by atoms with Crippen LogP contribution in [0.3, 0.4) is 0 Å². The normalized spacial score (nSPS) is 20.3. The average molecular weight is 577 g/mol. The maximum atomic E-state index is 11.1. The first-order chi connectivity index (χ1) is 20.9. The lowest BCUT2D eigenvalue weighted by Gasteiger charge is -2.39. The van der Waals surface area contributed by atoms with Crippen LogP contribution in [-0.4, -0.2) is 56.3 Å². The molecule has 0 saturated carbocycles. The Labute approximate surface area is 252 Å². The van der Waals surface area contributed by atoms with E-state index in [0.717, 1.165) is 95.3 Å². The Balaban J connectivity index is 1.40. The van der Waals surface area contributed by atoms with Crippen LogP contribution in [0, 0.1) is 0 Å². The van der Waals surface area contributed by atoms with Crippen LogP contribution in [0.15, 0.2) is 54.6 Å². The molecule has 0 spiro atoms. The molecule has 4 aromatic carbocycles. The number of nitrogens with zero attached hydrogens (tertiary/aromatic N) is 2. The van der Waals surface area contributed by atoms with E-state index in [9.17, 15) is 5.11 Å². The first-order valence-corrected chi connectivity index (χ1v) is 15.1. The number of aromatic hydroxyl groups is 1. The van der Waals surface area contributed by atoms with Gasteiger partial charge < -0.3 is 24.1 Å².